The van der Waals surface area contributed by atoms with Gasteiger partial charge in [0.2, 0.25) is 5.91 Å². The van der Waals surface area contributed by atoms with E-state index in [1.807, 2.05) is 23.1 Å². The van der Waals surface area contributed by atoms with Crippen LogP contribution in [0.25, 0.3) is 0 Å². The SMILES string of the molecule is CC(=O)N1CC2(C)CC1c1ccccc1O2. The maximum atomic E-state index is 11.6. The number of ether oxygens (including phenoxy) is 1. The molecule has 3 heteroatoms. The zero-order chi connectivity index (χ0) is 11.3. The molecule has 0 aromatic heterocycles. The molecule has 2 bridgehead atoms. The second-order valence-electron chi connectivity index (χ2n) is 4.96. The predicted octanol–water partition coefficient (Wildman–Crippen LogP) is 2.13. The minimum Gasteiger partial charge on any atom is -0.485 e. The second kappa shape index (κ2) is 3.00. The van der Waals surface area contributed by atoms with Crippen molar-refractivity contribution in [3.63, 3.8) is 0 Å². The molecule has 3 rings (SSSR count). The Morgan fingerprint density at radius 2 is 2.25 bits per heavy atom. The maximum absolute atomic E-state index is 11.6. The Labute approximate surface area is 95.0 Å². The number of fused-ring (bicyclic) bond motifs is 4. The number of carbonyl (C=O) groups is 1. The van der Waals surface area contributed by atoms with E-state index in [0.29, 0.717) is 6.54 Å². The lowest BCUT2D eigenvalue weighted by molar-refractivity contribution is -0.130. The number of nitrogens with zero attached hydrogens (tertiary/aromatic N) is 1. The lowest BCUT2D eigenvalue weighted by atomic mass is 9.93. The van der Waals surface area contributed by atoms with E-state index < -0.39 is 0 Å². The van der Waals surface area contributed by atoms with E-state index in [9.17, 15) is 4.79 Å². The van der Waals surface area contributed by atoms with Crippen LogP contribution >= 0.6 is 0 Å². The molecule has 0 saturated carbocycles. The van der Waals surface area contributed by atoms with Crippen LogP contribution in [-0.2, 0) is 4.79 Å². The normalized spacial score (nSPS) is 30.9. The molecule has 1 saturated heterocycles. The highest BCUT2D eigenvalue weighted by Gasteiger charge is 2.48. The van der Waals surface area contributed by atoms with Gasteiger partial charge in [-0.3, -0.25) is 4.79 Å². The van der Waals surface area contributed by atoms with Gasteiger partial charge >= 0.3 is 0 Å². The fourth-order valence-corrected chi connectivity index (χ4v) is 2.85. The fourth-order valence-electron chi connectivity index (χ4n) is 2.85. The summed E-state index contributed by atoms with van der Waals surface area (Å²) in [4.78, 5) is 13.5. The lowest BCUT2D eigenvalue weighted by Crippen LogP contribution is -2.36. The first-order valence-corrected chi connectivity index (χ1v) is 5.64. The molecule has 2 heterocycles. The molecule has 0 spiro atoms. The van der Waals surface area contributed by atoms with Crippen molar-refractivity contribution in [2.45, 2.75) is 31.9 Å². The largest absolute Gasteiger partial charge is 0.485 e. The molecule has 2 atom stereocenters. The van der Waals surface area contributed by atoms with Gasteiger partial charge in [-0.15, -0.1) is 0 Å². The number of rotatable bonds is 0. The van der Waals surface area contributed by atoms with E-state index in [1.54, 1.807) is 6.92 Å². The van der Waals surface area contributed by atoms with Gasteiger partial charge in [0, 0.05) is 18.9 Å². The van der Waals surface area contributed by atoms with Gasteiger partial charge < -0.3 is 9.64 Å². The third-order valence-corrected chi connectivity index (χ3v) is 3.55. The first kappa shape index (κ1) is 9.70. The van der Waals surface area contributed by atoms with Crippen LogP contribution in [-0.4, -0.2) is 23.0 Å². The molecule has 2 aliphatic heterocycles. The van der Waals surface area contributed by atoms with Gasteiger partial charge in [-0.2, -0.15) is 0 Å². The third kappa shape index (κ3) is 1.24. The van der Waals surface area contributed by atoms with Gasteiger partial charge in [0.25, 0.3) is 0 Å². The number of para-hydroxylation sites is 1. The van der Waals surface area contributed by atoms with Crippen molar-refractivity contribution in [3.8, 4) is 5.75 Å². The molecule has 1 aromatic carbocycles. The van der Waals surface area contributed by atoms with E-state index in [4.69, 9.17) is 4.74 Å². The van der Waals surface area contributed by atoms with Crippen molar-refractivity contribution >= 4 is 5.91 Å². The zero-order valence-electron chi connectivity index (χ0n) is 9.56. The highest BCUT2D eigenvalue weighted by molar-refractivity contribution is 5.75. The number of benzene rings is 1. The minimum atomic E-state index is -0.204. The van der Waals surface area contributed by atoms with Crippen LogP contribution in [0.3, 0.4) is 0 Å². The van der Waals surface area contributed by atoms with Gasteiger partial charge in [-0.05, 0) is 13.0 Å². The number of likely N-dealkylation sites (tertiary alicyclic amines) is 1. The Balaban J connectivity index is 2.10. The average Bonchev–Trinajstić information content (AvgIpc) is 2.52. The van der Waals surface area contributed by atoms with Crippen LogP contribution < -0.4 is 4.74 Å². The van der Waals surface area contributed by atoms with Gasteiger partial charge in [-0.1, -0.05) is 18.2 Å². The number of hydrogen-bond acceptors (Lipinski definition) is 2. The van der Waals surface area contributed by atoms with E-state index in [1.165, 1.54) is 0 Å². The van der Waals surface area contributed by atoms with Crippen LogP contribution in [0.2, 0.25) is 0 Å². The molecule has 1 fully saturated rings. The zero-order valence-corrected chi connectivity index (χ0v) is 9.56. The topological polar surface area (TPSA) is 29.5 Å². The summed E-state index contributed by atoms with van der Waals surface area (Å²) in [6, 6.07) is 8.23. The molecule has 0 N–H and O–H groups in total. The monoisotopic (exact) mass is 217 g/mol. The van der Waals surface area contributed by atoms with Crippen molar-refractivity contribution in [3.05, 3.63) is 29.8 Å². The average molecular weight is 217 g/mol. The van der Waals surface area contributed by atoms with Crippen LogP contribution in [0.15, 0.2) is 24.3 Å². The Hall–Kier alpha value is -1.51. The molecule has 2 unspecified atom stereocenters. The van der Waals surface area contributed by atoms with Gasteiger partial charge in [0.1, 0.15) is 11.4 Å². The summed E-state index contributed by atoms with van der Waals surface area (Å²) in [6.07, 6.45) is 0.906. The molecule has 0 aliphatic carbocycles. The molecule has 1 aromatic rings. The second-order valence-corrected chi connectivity index (χ2v) is 4.96. The van der Waals surface area contributed by atoms with E-state index >= 15 is 0 Å². The van der Waals surface area contributed by atoms with Crippen molar-refractivity contribution in [1.29, 1.82) is 0 Å². The van der Waals surface area contributed by atoms with Crippen molar-refractivity contribution in [2.75, 3.05) is 6.54 Å². The molecule has 3 nitrogen and oxygen atoms in total. The number of amides is 1. The van der Waals surface area contributed by atoms with Crippen molar-refractivity contribution < 1.29 is 9.53 Å². The summed E-state index contributed by atoms with van der Waals surface area (Å²) in [5, 5.41) is 0. The molecular weight excluding hydrogens is 202 g/mol. The summed E-state index contributed by atoms with van der Waals surface area (Å²) in [7, 11) is 0. The first-order chi connectivity index (χ1) is 7.59. The summed E-state index contributed by atoms with van der Waals surface area (Å²) in [5.74, 6) is 1.07. The Morgan fingerprint density at radius 1 is 1.50 bits per heavy atom. The number of carbonyl (C=O) groups excluding carboxylic acids is 1. The van der Waals surface area contributed by atoms with Crippen LogP contribution in [0.1, 0.15) is 31.9 Å². The highest BCUT2D eigenvalue weighted by atomic mass is 16.5. The summed E-state index contributed by atoms with van der Waals surface area (Å²) >= 11 is 0. The van der Waals surface area contributed by atoms with E-state index in [0.717, 1.165) is 17.7 Å². The quantitative estimate of drug-likeness (QED) is 0.666. The summed E-state index contributed by atoms with van der Waals surface area (Å²) in [5.41, 5.74) is 0.942. The Morgan fingerprint density at radius 3 is 3.00 bits per heavy atom. The molecule has 1 amide bonds. The van der Waals surface area contributed by atoms with Gasteiger partial charge in [-0.25, -0.2) is 0 Å². The molecular formula is C13H15NO2. The fraction of sp³-hybridized carbons (Fsp3) is 0.462. The molecule has 84 valence electrons. The summed E-state index contributed by atoms with van der Waals surface area (Å²) in [6.45, 7) is 4.41. The first-order valence-electron chi connectivity index (χ1n) is 5.64. The Bertz CT molecular complexity index is 457. The molecule has 2 aliphatic rings. The van der Waals surface area contributed by atoms with E-state index in [-0.39, 0.29) is 17.6 Å². The van der Waals surface area contributed by atoms with Crippen LogP contribution in [0.4, 0.5) is 0 Å². The van der Waals surface area contributed by atoms with Crippen molar-refractivity contribution in [2.24, 2.45) is 0 Å². The standard InChI is InChI=1S/C13H15NO2/c1-9(15)14-8-13(2)7-11(14)10-5-3-4-6-12(10)16-13/h3-6,11H,7-8H2,1-2H3. The highest BCUT2D eigenvalue weighted by Crippen LogP contribution is 2.48. The molecule has 16 heavy (non-hydrogen) atoms. The minimum absolute atomic E-state index is 0.133. The number of hydrogen-bond donors (Lipinski definition) is 0. The van der Waals surface area contributed by atoms with Crippen LogP contribution in [0.5, 0.6) is 5.75 Å². The van der Waals surface area contributed by atoms with Gasteiger partial charge in [0.05, 0.1) is 12.6 Å². The molecule has 0 radical (unpaired) electrons. The third-order valence-electron chi connectivity index (χ3n) is 3.55. The van der Waals surface area contributed by atoms with E-state index in [2.05, 4.69) is 13.0 Å². The maximum Gasteiger partial charge on any atom is 0.220 e. The lowest BCUT2D eigenvalue weighted by Gasteiger charge is -2.30. The predicted molar refractivity (Wildman–Crippen MR) is 60.2 cm³/mol. The smallest absolute Gasteiger partial charge is 0.220 e. The Kier molecular flexibility index (Phi) is 1.82. The van der Waals surface area contributed by atoms with Crippen molar-refractivity contribution in [1.82, 2.24) is 4.90 Å². The summed E-state index contributed by atoms with van der Waals surface area (Å²) < 4.78 is 6.00. The van der Waals surface area contributed by atoms with Crippen LogP contribution in [0, 0.1) is 0 Å². The van der Waals surface area contributed by atoms with Gasteiger partial charge in [0.15, 0.2) is 0 Å².